The number of carbonyl (C=O) groups is 1. The van der Waals surface area contributed by atoms with E-state index in [1.165, 1.54) is 25.7 Å². The highest BCUT2D eigenvalue weighted by molar-refractivity contribution is 5.72. The number of nitrogens with one attached hydrogen (secondary N) is 1. The van der Waals surface area contributed by atoms with Crippen molar-refractivity contribution >= 4 is 5.91 Å². The Balaban J connectivity index is 3.45. The predicted molar refractivity (Wildman–Crippen MR) is 52.0 cm³/mol. The summed E-state index contributed by atoms with van der Waals surface area (Å²) in [7, 11) is 0. The van der Waals surface area contributed by atoms with Gasteiger partial charge in [-0.3, -0.25) is 4.79 Å². The normalized spacial score (nSPS) is 12.6. The summed E-state index contributed by atoms with van der Waals surface area (Å²) in [5.41, 5.74) is 0. The van der Waals surface area contributed by atoms with Gasteiger partial charge in [-0.1, -0.05) is 33.1 Å². The van der Waals surface area contributed by atoms with E-state index in [9.17, 15) is 4.79 Å². The number of hydrogen-bond acceptors (Lipinski definition) is 1. The van der Waals surface area contributed by atoms with Crippen LogP contribution < -0.4 is 5.32 Å². The second-order valence-electron chi connectivity index (χ2n) is 3.35. The van der Waals surface area contributed by atoms with Crippen molar-refractivity contribution in [3.8, 4) is 0 Å². The van der Waals surface area contributed by atoms with Crippen LogP contribution in [0.15, 0.2) is 0 Å². The molecule has 0 aromatic carbocycles. The van der Waals surface area contributed by atoms with Crippen LogP contribution in [-0.4, -0.2) is 12.5 Å². The molecule has 1 atom stereocenters. The van der Waals surface area contributed by atoms with Crippen LogP contribution in [0.3, 0.4) is 0 Å². The Morgan fingerprint density at radius 1 is 1.42 bits per heavy atom. The molecular formula is C10H21NO. The van der Waals surface area contributed by atoms with Crippen LogP contribution in [0.1, 0.15) is 46.5 Å². The van der Waals surface area contributed by atoms with Gasteiger partial charge in [0.2, 0.25) is 5.91 Å². The van der Waals surface area contributed by atoms with Crippen LogP contribution in [0.25, 0.3) is 0 Å². The van der Waals surface area contributed by atoms with Gasteiger partial charge in [0, 0.05) is 13.5 Å². The molecule has 0 aliphatic carbocycles. The molecule has 12 heavy (non-hydrogen) atoms. The minimum Gasteiger partial charge on any atom is -0.356 e. The van der Waals surface area contributed by atoms with Gasteiger partial charge in [0.25, 0.3) is 0 Å². The molecule has 0 saturated heterocycles. The Bertz CT molecular complexity index is 123. The van der Waals surface area contributed by atoms with E-state index in [0.29, 0.717) is 5.92 Å². The molecule has 0 heterocycles. The number of carbonyl (C=O) groups excluding carboxylic acids is 1. The SMILES string of the molecule is CCCC[C@@H](CC)CNC(C)=O. The molecule has 0 aliphatic heterocycles. The highest BCUT2D eigenvalue weighted by atomic mass is 16.1. The Hall–Kier alpha value is -0.530. The minimum absolute atomic E-state index is 0.0879. The topological polar surface area (TPSA) is 29.1 Å². The first kappa shape index (κ1) is 11.5. The lowest BCUT2D eigenvalue weighted by atomic mass is 9.99. The zero-order chi connectivity index (χ0) is 9.40. The molecule has 0 aromatic heterocycles. The summed E-state index contributed by atoms with van der Waals surface area (Å²) < 4.78 is 0. The van der Waals surface area contributed by atoms with Gasteiger partial charge in [0.15, 0.2) is 0 Å². The maximum atomic E-state index is 10.6. The Labute approximate surface area is 75.7 Å². The Kier molecular flexibility index (Phi) is 6.82. The van der Waals surface area contributed by atoms with Crippen molar-refractivity contribution in [2.75, 3.05) is 6.54 Å². The van der Waals surface area contributed by atoms with E-state index in [1.807, 2.05) is 0 Å². The first-order chi connectivity index (χ1) is 5.70. The smallest absolute Gasteiger partial charge is 0.216 e. The average Bonchev–Trinajstić information content (AvgIpc) is 2.05. The first-order valence-corrected chi connectivity index (χ1v) is 4.95. The lowest BCUT2D eigenvalue weighted by molar-refractivity contribution is -0.119. The maximum Gasteiger partial charge on any atom is 0.216 e. The molecule has 2 heteroatoms. The predicted octanol–water partition coefficient (Wildman–Crippen LogP) is 2.34. The standard InChI is InChI=1S/C10H21NO/c1-4-6-7-10(5-2)8-11-9(3)12/h10H,4-8H2,1-3H3,(H,11,12)/t10-/m1/s1. The van der Waals surface area contributed by atoms with Gasteiger partial charge in [-0.25, -0.2) is 0 Å². The summed E-state index contributed by atoms with van der Waals surface area (Å²) >= 11 is 0. The average molecular weight is 171 g/mol. The van der Waals surface area contributed by atoms with E-state index in [-0.39, 0.29) is 5.91 Å². The van der Waals surface area contributed by atoms with Gasteiger partial charge < -0.3 is 5.32 Å². The molecule has 0 aromatic rings. The Morgan fingerprint density at radius 3 is 2.50 bits per heavy atom. The fraction of sp³-hybridized carbons (Fsp3) is 0.900. The molecular weight excluding hydrogens is 150 g/mol. The molecule has 0 bridgehead atoms. The van der Waals surface area contributed by atoms with Crippen molar-refractivity contribution < 1.29 is 4.79 Å². The molecule has 72 valence electrons. The van der Waals surface area contributed by atoms with Crippen LogP contribution in [0.5, 0.6) is 0 Å². The minimum atomic E-state index is 0.0879. The molecule has 0 aliphatic rings. The van der Waals surface area contributed by atoms with E-state index in [2.05, 4.69) is 19.2 Å². The van der Waals surface area contributed by atoms with Gasteiger partial charge in [-0.2, -0.15) is 0 Å². The van der Waals surface area contributed by atoms with Gasteiger partial charge in [-0.05, 0) is 12.3 Å². The largest absolute Gasteiger partial charge is 0.356 e. The quantitative estimate of drug-likeness (QED) is 0.653. The number of amides is 1. The zero-order valence-electron chi connectivity index (χ0n) is 8.52. The third kappa shape index (κ3) is 6.20. The highest BCUT2D eigenvalue weighted by Gasteiger charge is 2.05. The van der Waals surface area contributed by atoms with Crippen LogP contribution in [-0.2, 0) is 4.79 Å². The van der Waals surface area contributed by atoms with Crippen molar-refractivity contribution in [3.05, 3.63) is 0 Å². The van der Waals surface area contributed by atoms with E-state index >= 15 is 0 Å². The molecule has 0 unspecified atom stereocenters. The highest BCUT2D eigenvalue weighted by Crippen LogP contribution is 2.10. The van der Waals surface area contributed by atoms with Crippen molar-refractivity contribution in [3.63, 3.8) is 0 Å². The number of hydrogen-bond donors (Lipinski definition) is 1. The zero-order valence-corrected chi connectivity index (χ0v) is 8.52. The summed E-state index contributed by atoms with van der Waals surface area (Å²) in [5.74, 6) is 0.763. The second-order valence-corrected chi connectivity index (χ2v) is 3.35. The van der Waals surface area contributed by atoms with Gasteiger partial charge in [-0.15, -0.1) is 0 Å². The van der Waals surface area contributed by atoms with Crippen molar-refractivity contribution in [2.45, 2.75) is 46.5 Å². The van der Waals surface area contributed by atoms with E-state index in [0.717, 1.165) is 6.54 Å². The Morgan fingerprint density at radius 2 is 2.08 bits per heavy atom. The second kappa shape index (κ2) is 7.14. The maximum absolute atomic E-state index is 10.6. The van der Waals surface area contributed by atoms with Crippen LogP contribution >= 0.6 is 0 Å². The summed E-state index contributed by atoms with van der Waals surface area (Å²) in [6.07, 6.45) is 4.93. The molecule has 1 amide bonds. The molecule has 0 rings (SSSR count). The molecule has 0 fully saturated rings. The van der Waals surface area contributed by atoms with Crippen molar-refractivity contribution in [1.29, 1.82) is 0 Å². The van der Waals surface area contributed by atoms with E-state index < -0.39 is 0 Å². The fourth-order valence-electron chi connectivity index (χ4n) is 1.23. The van der Waals surface area contributed by atoms with Crippen LogP contribution in [0, 0.1) is 5.92 Å². The van der Waals surface area contributed by atoms with Gasteiger partial charge in [0.1, 0.15) is 0 Å². The van der Waals surface area contributed by atoms with Gasteiger partial charge in [0.05, 0.1) is 0 Å². The van der Waals surface area contributed by atoms with Crippen LogP contribution in [0.2, 0.25) is 0 Å². The summed E-state index contributed by atoms with van der Waals surface area (Å²) in [6, 6.07) is 0. The molecule has 0 saturated carbocycles. The number of rotatable bonds is 6. The van der Waals surface area contributed by atoms with Crippen LogP contribution in [0.4, 0.5) is 0 Å². The number of unbranched alkanes of at least 4 members (excludes halogenated alkanes) is 1. The van der Waals surface area contributed by atoms with Crippen molar-refractivity contribution in [2.24, 2.45) is 5.92 Å². The first-order valence-electron chi connectivity index (χ1n) is 4.95. The van der Waals surface area contributed by atoms with Crippen molar-refractivity contribution in [1.82, 2.24) is 5.32 Å². The monoisotopic (exact) mass is 171 g/mol. The fourth-order valence-corrected chi connectivity index (χ4v) is 1.23. The lowest BCUT2D eigenvalue weighted by Gasteiger charge is -2.13. The molecule has 2 nitrogen and oxygen atoms in total. The summed E-state index contributed by atoms with van der Waals surface area (Å²) in [5, 5.41) is 2.87. The molecule has 1 N–H and O–H groups in total. The lowest BCUT2D eigenvalue weighted by Crippen LogP contribution is -2.26. The van der Waals surface area contributed by atoms with E-state index in [4.69, 9.17) is 0 Å². The summed E-state index contributed by atoms with van der Waals surface area (Å²) in [4.78, 5) is 10.6. The van der Waals surface area contributed by atoms with E-state index in [1.54, 1.807) is 6.92 Å². The molecule has 0 spiro atoms. The molecule has 0 radical (unpaired) electrons. The van der Waals surface area contributed by atoms with Gasteiger partial charge >= 0.3 is 0 Å². The third-order valence-electron chi connectivity index (χ3n) is 2.18. The third-order valence-corrected chi connectivity index (χ3v) is 2.18. The summed E-state index contributed by atoms with van der Waals surface area (Å²) in [6.45, 7) is 6.81.